The predicted molar refractivity (Wildman–Crippen MR) is 70.0 cm³/mol. The Kier molecular flexibility index (Phi) is 3.72. The third-order valence-electron chi connectivity index (χ3n) is 3.24. The van der Waals surface area contributed by atoms with Gasteiger partial charge in [-0.05, 0) is 31.0 Å². The van der Waals surface area contributed by atoms with Crippen molar-refractivity contribution < 1.29 is 14.6 Å². The van der Waals surface area contributed by atoms with E-state index in [2.05, 4.69) is 5.32 Å². The molecule has 0 bridgehead atoms. The van der Waals surface area contributed by atoms with Crippen molar-refractivity contribution in [3.05, 3.63) is 23.3 Å². The van der Waals surface area contributed by atoms with E-state index in [1.165, 1.54) is 0 Å². The molecular weight excluding hydrogens is 232 g/mol. The highest BCUT2D eigenvalue weighted by molar-refractivity contribution is 5.95. The lowest BCUT2D eigenvalue weighted by Crippen LogP contribution is -2.15. The van der Waals surface area contributed by atoms with Gasteiger partial charge >= 0.3 is 5.97 Å². The van der Waals surface area contributed by atoms with E-state index in [-0.39, 0.29) is 5.56 Å². The van der Waals surface area contributed by atoms with Crippen LogP contribution in [-0.4, -0.2) is 30.8 Å². The number of hydrogen-bond donors (Lipinski definition) is 3. The molecule has 0 spiro atoms. The average Bonchev–Trinajstić information content (AvgIpc) is 2.83. The van der Waals surface area contributed by atoms with E-state index in [4.69, 9.17) is 15.6 Å². The van der Waals surface area contributed by atoms with Crippen LogP contribution in [0.25, 0.3) is 0 Å². The van der Waals surface area contributed by atoms with Crippen LogP contribution in [0.1, 0.15) is 22.3 Å². The number of carboxylic acids is 1. The number of aryl methyl sites for hydroxylation is 1. The molecule has 1 heterocycles. The van der Waals surface area contributed by atoms with Gasteiger partial charge in [0.1, 0.15) is 0 Å². The fraction of sp³-hybridized carbons (Fsp3) is 0.462. The van der Waals surface area contributed by atoms with Crippen molar-refractivity contribution in [2.45, 2.75) is 13.3 Å². The van der Waals surface area contributed by atoms with E-state index in [1.807, 2.05) is 13.0 Å². The SMILES string of the molecule is Cc1cc(NCC2CCOC2)cc(C(=O)O)c1N. The van der Waals surface area contributed by atoms with Gasteiger partial charge in [-0.15, -0.1) is 0 Å². The molecule has 1 atom stereocenters. The summed E-state index contributed by atoms with van der Waals surface area (Å²) in [7, 11) is 0. The minimum absolute atomic E-state index is 0.153. The van der Waals surface area contributed by atoms with Gasteiger partial charge in [-0.3, -0.25) is 0 Å². The quantitative estimate of drug-likeness (QED) is 0.709. The van der Waals surface area contributed by atoms with Crippen LogP contribution in [0.2, 0.25) is 0 Å². The van der Waals surface area contributed by atoms with Crippen LogP contribution < -0.4 is 11.1 Å². The molecule has 1 aliphatic rings. The first kappa shape index (κ1) is 12.7. The standard InChI is InChI=1S/C13H18N2O3/c1-8-4-10(5-11(12(8)14)13(16)17)15-6-9-2-3-18-7-9/h4-5,9,15H,2-3,6-7,14H2,1H3,(H,16,17). The number of carboxylic acid groups (broad SMARTS) is 1. The molecule has 18 heavy (non-hydrogen) atoms. The summed E-state index contributed by atoms with van der Waals surface area (Å²) >= 11 is 0. The molecule has 0 aliphatic carbocycles. The molecule has 1 aromatic rings. The summed E-state index contributed by atoms with van der Waals surface area (Å²) in [6.45, 7) is 4.19. The zero-order valence-electron chi connectivity index (χ0n) is 10.4. The van der Waals surface area contributed by atoms with Gasteiger partial charge in [0.25, 0.3) is 0 Å². The second-order valence-electron chi connectivity index (χ2n) is 4.67. The smallest absolute Gasteiger partial charge is 0.337 e. The number of anilines is 2. The highest BCUT2D eigenvalue weighted by Crippen LogP contribution is 2.23. The lowest BCUT2D eigenvalue weighted by Gasteiger charge is -2.13. The summed E-state index contributed by atoms with van der Waals surface area (Å²) in [4.78, 5) is 11.1. The predicted octanol–water partition coefficient (Wildman–Crippen LogP) is 1.72. The average molecular weight is 250 g/mol. The Morgan fingerprint density at radius 3 is 3.00 bits per heavy atom. The molecule has 0 saturated carbocycles. The van der Waals surface area contributed by atoms with Crippen LogP contribution in [0.4, 0.5) is 11.4 Å². The Labute approximate surface area is 106 Å². The topological polar surface area (TPSA) is 84.6 Å². The summed E-state index contributed by atoms with van der Waals surface area (Å²) < 4.78 is 5.30. The van der Waals surface area contributed by atoms with Crippen molar-refractivity contribution in [2.24, 2.45) is 5.92 Å². The van der Waals surface area contributed by atoms with Crippen molar-refractivity contribution in [1.29, 1.82) is 0 Å². The molecule has 1 aromatic carbocycles. The largest absolute Gasteiger partial charge is 0.478 e. The van der Waals surface area contributed by atoms with Gasteiger partial charge < -0.3 is 20.9 Å². The molecule has 1 aliphatic heterocycles. The van der Waals surface area contributed by atoms with Crippen molar-refractivity contribution in [2.75, 3.05) is 30.8 Å². The van der Waals surface area contributed by atoms with E-state index in [1.54, 1.807) is 6.07 Å². The van der Waals surface area contributed by atoms with Crippen molar-refractivity contribution in [3.8, 4) is 0 Å². The Morgan fingerprint density at radius 1 is 1.61 bits per heavy atom. The number of nitrogens with two attached hydrogens (primary N) is 1. The number of ether oxygens (including phenoxy) is 1. The van der Waals surface area contributed by atoms with E-state index >= 15 is 0 Å². The highest BCUT2D eigenvalue weighted by Gasteiger charge is 2.16. The Morgan fingerprint density at radius 2 is 2.39 bits per heavy atom. The molecule has 5 heteroatoms. The van der Waals surface area contributed by atoms with E-state index in [9.17, 15) is 4.79 Å². The Hall–Kier alpha value is -1.75. The van der Waals surface area contributed by atoms with Crippen LogP contribution in [0, 0.1) is 12.8 Å². The Balaban J connectivity index is 2.10. The molecule has 98 valence electrons. The van der Waals surface area contributed by atoms with E-state index in [0.717, 1.165) is 37.4 Å². The van der Waals surface area contributed by atoms with Gasteiger partial charge in [-0.1, -0.05) is 0 Å². The maximum Gasteiger partial charge on any atom is 0.337 e. The normalized spacial score (nSPS) is 18.8. The first-order valence-corrected chi connectivity index (χ1v) is 6.03. The molecule has 1 saturated heterocycles. The zero-order chi connectivity index (χ0) is 13.1. The molecule has 0 radical (unpaired) electrons. The third kappa shape index (κ3) is 2.73. The zero-order valence-corrected chi connectivity index (χ0v) is 10.4. The van der Waals surface area contributed by atoms with Gasteiger partial charge in [0.2, 0.25) is 0 Å². The fourth-order valence-electron chi connectivity index (χ4n) is 2.08. The number of nitrogen functional groups attached to an aromatic ring is 1. The monoisotopic (exact) mass is 250 g/mol. The van der Waals surface area contributed by atoms with E-state index < -0.39 is 5.97 Å². The van der Waals surface area contributed by atoms with Crippen LogP contribution in [0.3, 0.4) is 0 Å². The summed E-state index contributed by atoms with van der Waals surface area (Å²) in [5, 5.41) is 12.3. The molecular formula is C13H18N2O3. The fourth-order valence-corrected chi connectivity index (χ4v) is 2.08. The van der Waals surface area contributed by atoms with Gasteiger partial charge in [0.15, 0.2) is 0 Å². The van der Waals surface area contributed by atoms with Crippen LogP contribution >= 0.6 is 0 Å². The van der Waals surface area contributed by atoms with Crippen LogP contribution in [0.5, 0.6) is 0 Å². The number of hydrogen-bond acceptors (Lipinski definition) is 4. The molecule has 0 amide bonds. The first-order valence-electron chi connectivity index (χ1n) is 6.03. The summed E-state index contributed by atoms with van der Waals surface area (Å²) in [6, 6.07) is 3.46. The minimum atomic E-state index is -0.997. The maximum absolute atomic E-state index is 11.1. The third-order valence-corrected chi connectivity index (χ3v) is 3.24. The second-order valence-corrected chi connectivity index (χ2v) is 4.67. The van der Waals surface area contributed by atoms with Crippen molar-refractivity contribution >= 4 is 17.3 Å². The summed E-state index contributed by atoms with van der Waals surface area (Å²) in [6.07, 6.45) is 1.05. The number of nitrogens with one attached hydrogen (secondary N) is 1. The second kappa shape index (κ2) is 5.27. The van der Waals surface area contributed by atoms with Gasteiger partial charge in [0.05, 0.1) is 12.2 Å². The molecule has 1 unspecified atom stereocenters. The lowest BCUT2D eigenvalue weighted by molar-refractivity contribution is 0.0698. The van der Waals surface area contributed by atoms with Crippen molar-refractivity contribution in [1.82, 2.24) is 0 Å². The van der Waals surface area contributed by atoms with E-state index in [0.29, 0.717) is 11.6 Å². The number of carbonyl (C=O) groups is 1. The highest BCUT2D eigenvalue weighted by atomic mass is 16.5. The molecule has 5 nitrogen and oxygen atoms in total. The molecule has 0 aromatic heterocycles. The van der Waals surface area contributed by atoms with Gasteiger partial charge in [-0.25, -0.2) is 4.79 Å². The number of benzene rings is 1. The number of aromatic carboxylic acids is 1. The molecule has 4 N–H and O–H groups in total. The summed E-state index contributed by atoms with van der Waals surface area (Å²) in [5.74, 6) is -0.500. The Bertz CT molecular complexity index is 454. The van der Waals surface area contributed by atoms with Crippen LogP contribution in [0.15, 0.2) is 12.1 Å². The molecule has 1 fully saturated rings. The first-order chi connectivity index (χ1) is 8.58. The lowest BCUT2D eigenvalue weighted by atomic mass is 10.1. The minimum Gasteiger partial charge on any atom is -0.478 e. The van der Waals surface area contributed by atoms with Gasteiger partial charge in [0, 0.05) is 30.4 Å². The van der Waals surface area contributed by atoms with Crippen LogP contribution in [-0.2, 0) is 4.74 Å². The maximum atomic E-state index is 11.1. The number of rotatable bonds is 4. The van der Waals surface area contributed by atoms with Crippen molar-refractivity contribution in [3.63, 3.8) is 0 Å². The van der Waals surface area contributed by atoms with Gasteiger partial charge in [-0.2, -0.15) is 0 Å². The molecule has 2 rings (SSSR count). The summed E-state index contributed by atoms with van der Waals surface area (Å²) in [5.41, 5.74) is 7.80.